The van der Waals surface area contributed by atoms with Crippen LogP contribution in [0.25, 0.3) is 11.1 Å². The number of carboxylic acid groups (broad SMARTS) is 1. The minimum absolute atomic E-state index is 0.000280. The normalized spacial score (nSPS) is 13.8. The molecule has 26 heavy (non-hydrogen) atoms. The highest BCUT2D eigenvalue weighted by Gasteiger charge is 2.26. The molecule has 1 amide bonds. The second kappa shape index (κ2) is 7.07. The minimum Gasteiger partial charge on any atom is -0.478 e. The molecule has 4 nitrogen and oxygen atoms in total. The van der Waals surface area contributed by atoms with Crippen molar-refractivity contribution >= 4 is 17.6 Å². The Labute approximate surface area is 149 Å². The highest BCUT2D eigenvalue weighted by molar-refractivity contribution is 6.09. The van der Waals surface area contributed by atoms with E-state index in [1.807, 2.05) is 13.0 Å². The molecule has 0 spiro atoms. The predicted molar refractivity (Wildman–Crippen MR) is 93.7 cm³/mol. The number of nitrogens with one attached hydrogen (secondary N) is 1. The fraction of sp³-hybridized carbons (Fsp3) is 0.200. The average Bonchev–Trinajstić information content (AvgIpc) is 3.08. The summed E-state index contributed by atoms with van der Waals surface area (Å²) in [4.78, 5) is 23.4. The number of aryl methyl sites for hydroxylation is 1. The maximum atomic E-state index is 14.4. The van der Waals surface area contributed by atoms with E-state index in [0.29, 0.717) is 17.5 Å². The maximum Gasteiger partial charge on any atom is 0.332 e. The van der Waals surface area contributed by atoms with Crippen LogP contribution in [0.2, 0.25) is 0 Å². The summed E-state index contributed by atoms with van der Waals surface area (Å²) in [5.41, 5.74) is 1.46. The predicted octanol–water partition coefficient (Wildman–Crippen LogP) is 4.44. The summed E-state index contributed by atoms with van der Waals surface area (Å²) in [6.07, 6.45) is 1.08. The van der Waals surface area contributed by atoms with Crippen molar-refractivity contribution < 1.29 is 23.5 Å². The molecule has 1 aliphatic rings. The molecular formula is C20H17F2NO3. The molecule has 0 bridgehead atoms. The summed E-state index contributed by atoms with van der Waals surface area (Å²) in [6, 6.07) is 9.50. The number of carbonyl (C=O) groups is 2. The molecule has 0 saturated heterocycles. The number of aliphatic carboxylic acids is 1. The quantitative estimate of drug-likeness (QED) is 0.850. The molecule has 2 aromatic rings. The van der Waals surface area contributed by atoms with E-state index in [0.717, 1.165) is 17.7 Å². The van der Waals surface area contributed by atoms with E-state index in [1.54, 1.807) is 18.2 Å². The third-order valence-electron chi connectivity index (χ3n) is 4.38. The van der Waals surface area contributed by atoms with Crippen molar-refractivity contribution in [2.75, 3.05) is 5.32 Å². The van der Waals surface area contributed by atoms with Gasteiger partial charge in [-0.1, -0.05) is 29.8 Å². The van der Waals surface area contributed by atoms with Crippen LogP contribution in [0.4, 0.5) is 14.5 Å². The summed E-state index contributed by atoms with van der Waals surface area (Å²) < 4.78 is 28.8. The van der Waals surface area contributed by atoms with Gasteiger partial charge in [0.05, 0.1) is 0 Å². The SMILES string of the molecule is Cc1cccc(-c2cc(F)c(NC(=O)C3=C(C(=O)O)CCC3)c(F)c2)c1. The van der Waals surface area contributed by atoms with Crippen LogP contribution in [0, 0.1) is 18.6 Å². The van der Waals surface area contributed by atoms with Crippen LogP contribution in [0.15, 0.2) is 47.5 Å². The van der Waals surface area contributed by atoms with Gasteiger partial charge in [-0.15, -0.1) is 0 Å². The standard InChI is InChI=1S/C20H17F2NO3/c1-11-4-2-5-12(8-11)13-9-16(21)18(17(22)10-13)23-19(24)14-6-3-7-15(14)20(25)26/h2,4-5,8-10H,3,6-7H2,1H3,(H,23,24)(H,25,26). The Morgan fingerprint density at radius 1 is 1.00 bits per heavy atom. The number of hydrogen-bond acceptors (Lipinski definition) is 2. The first-order valence-electron chi connectivity index (χ1n) is 8.19. The van der Waals surface area contributed by atoms with Gasteiger partial charge in [0.15, 0.2) is 0 Å². The van der Waals surface area contributed by atoms with Crippen LogP contribution in [0.5, 0.6) is 0 Å². The molecule has 6 heteroatoms. The molecule has 0 fully saturated rings. The van der Waals surface area contributed by atoms with Gasteiger partial charge in [0.25, 0.3) is 5.91 Å². The maximum absolute atomic E-state index is 14.4. The Kier molecular flexibility index (Phi) is 4.84. The van der Waals surface area contributed by atoms with E-state index in [9.17, 15) is 18.4 Å². The van der Waals surface area contributed by atoms with E-state index in [1.165, 1.54) is 0 Å². The van der Waals surface area contributed by atoms with Crippen molar-refractivity contribution in [3.05, 3.63) is 64.7 Å². The Hall–Kier alpha value is -3.02. The number of carboxylic acids is 1. The zero-order chi connectivity index (χ0) is 18.8. The van der Waals surface area contributed by atoms with Gasteiger partial charge >= 0.3 is 5.97 Å². The van der Waals surface area contributed by atoms with Crippen LogP contribution < -0.4 is 5.32 Å². The molecule has 2 aromatic carbocycles. The minimum atomic E-state index is -1.18. The van der Waals surface area contributed by atoms with Crippen LogP contribution in [0.3, 0.4) is 0 Å². The number of rotatable bonds is 4. The lowest BCUT2D eigenvalue weighted by Gasteiger charge is -2.11. The number of anilines is 1. The van der Waals surface area contributed by atoms with Gasteiger partial charge in [0, 0.05) is 11.1 Å². The highest BCUT2D eigenvalue weighted by Crippen LogP contribution is 2.31. The first-order chi connectivity index (χ1) is 12.4. The number of amides is 1. The molecule has 0 unspecified atom stereocenters. The molecule has 3 rings (SSSR count). The van der Waals surface area contributed by atoms with E-state index >= 15 is 0 Å². The molecule has 1 aliphatic carbocycles. The third-order valence-corrected chi connectivity index (χ3v) is 4.38. The fourth-order valence-electron chi connectivity index (χ4n) is 3.10. The van der Waals surface area contributed by atoms with Gasteiger partial charge in [-0.25, -0.2) is 13.6 Å². The van der Waals surface area contributed by atoms with Gasteiger partial charge in [0.1, 0.15) is 17.3 Å². The summed E-state index contributed by atoms with van der Waals surface area (Å²) in [5, 5.41) is 11.3. The van der Waals surface area contributed by atoms with Gasteiger partial charge in [-0.3, -0.25) is 4.79 Å². The van der Waals surface area contributed by atoms with Gasteiger partial charge in [-0.05, 0) is 49.4 Å². The Morgan fingerprint density at radius 3 is 2.27 bits per heavy atom. The Morgan fingerprint density at radius 2 is 1.65 bits per heavy atom. The second-order valence-electron chi connectivity index (χ2n) is 6.25. The van der Waals surface area contributed by atoms with E-state index in [4.69, 9.17) is 5.11 Å². The van der Waals surface area contributed by atoms with Crippen molar-refractivity contribution in [2.45, 2.75) is 26.2 Å². The fourth-order valence-corrected chi connectivity index (χ4v) is 3.10. The van der Waals surface area contributed by atoms with Crippen LogP contribution in [-0.2, 0) is 9.59 Å². The van der Waals surface area contributed by atoms with E-state index in [-0.39, 0.29) is 24.0 Å². The summed E-state index contributed by atoms with van der Waals surface area (Å²) >= 11 is 0. The van der Waals surface area contributed by atoms with Crippen molar-refractivity contribution in [3.8, 4) is 11.1 Å². The van der Waals surface area contributed by atoms with Crippen molar-refractivity contribution in [3.63, 3.8) is 0 Å². The summed E-state index contributed by atoms with van der Waals surface area (Å²) in [7, 11) is 0. The topological polar surface area (TPSA) is 66.4 Å². The van der Waals surface area contributed by atoms with Gasteiger partial charge in [-0.2, -0.15) is 0 Å². The van der Waals surface area contributed by atoms with E-state index < -0.39 is 29.2 Å². The van der Waals surface area contributed by atoms with Crippen molar-refractivity contribution in [2.24, 2.45) is 0 Å². The lowest BCUT2D eigenvalue weighted by Crippen LogP contribution is -2.18. The number of carbonyl (C=O) groups excluding carboxylic acids is 1. The van der Waals surface area contributed by atoms with Gasteiger partial charge in [0.2, 0.25) is 0 Å². The van der Waals surface area contributed by atoms with Crippen molar-refractivity contribution in [1.29, 1.82) is 0 Å². The molecule has 134 valence electrons. The Balaban J connectivity index is 1.91. The first kappa shape index (κ1) is 17.8. The van der Waals surface area contributed by atoms with Crippen LogP contribution >= 0.6 is 0 Å². The lowest BCUT2D eigenvalue weighted by atomic mass is 10.0. The molecule has 0 aromatic heterocycles. The molecular weight excluding hydrogens is 340 g/mol. The first-order valence-corrected chi connectivity index (χ1v) is 8.19. The number of halogens is 2. The number of hydrogen-bond donors (Lipinski definition) is 2. The molecule has 0 heterocycles. The third kappa shape index (κ3) is 3.49. The average molecular weight is 357 g/mol. The molecule has 0 radical (unpaired) electrons. The highest BCUT2D eigenvalue weighted by atomic mass is 19.1. The zero-order valence-electron chi connectivity index (χ0n) is 14.1. The summed E-state index contributed by atoms with van der Waals surface area (Å²) in [5.74, 6) is -3.78. The Bertz CT molecular complexity index is 911. The molecule has 2 N–H and O–H groups in total. The van der Waals surface area contributed by atoms with Crippen molar-refractivity contribution in [1.82, 2.24) is 0 Å². The lowest BCUT2D eigenvalue weighted by molar-refractivity contribution is -0.133. The zero-order valence-corrected chi connectivity index (χ0v) is 14.1. The molecule has 0 atom stereocenters. The molecule has 0 saturated carbocycles. The second-order valence-corrected chi connectivity index (χ2v) is 6.25. The van der Waals surface area contributed by atoms with E-state index in [2.05, 4.69) is 5.32 Å². The number of benzene rings is 2. The molecule has 0 aliphatic heterocycles. The van der Waals surface area contributed by atoms with Crippen LogP contribution in [0.1, 0.15) is 24.8 Å². The largest absolute Gasteiger partial charge is 0.478 e. The van der Waals surface area contributed by atoms with Gasteiger partial charge < -0.3 is 10.4 Å². The monoisotopic (exact) mass is 357 g/mol. The summed E-state index contributed by atoms with van der Waals surface area (Å²) in [6.45, 7) is 1.88. The van der Waals surface area contributed by atoms with Crippen LogP contribution in [-0.4, -0.2) is 17.0 Å². The smallest absolute Gasteiger partial charge is 0.332 e.